The van der Waals surface area contributed by atoms with Gasteiger partial charge in [0.05, 0.1) is 11.6 Å². The first-order chi connectivity index (χ1) is 16.6. The summed E-state index contributed by atoms with van der Waals surface area (Å²) in [4.78, 5) is 19.3. The molecule has 9 heteroatoms. The van der Waals surface area contributed by atoms with Crippen LogP contribution in [0.15, 0.2) is 77.5 Å². The highest BCUT2D eigenvalue weighted by Gasteiger charge is 2.27. The van der Waals surface area contributed by atoms with Crippen LogP contribution in [-0.4, -0.2) is 38.7 Å². The second-order valence-corrected chi connectivity index (χ2v) is 9.05. The number of carbonyl (C=O) groups excluding carboxylic acids is 1. The van der Waals surface area contributed by atoms with E-state index in [9.17, 15) is 9.18 Å². The fourth-order valence-corrected chi connectivity index (χ4v) is 4.46. The zero-order chi connectivity index (χ0) is 23.5. The van der Waals surface area contributed by atoms with Crippen LogP contribution in [-0.2, 0) is 4.79 Å². The third-order valence-corrected chi connectivity index (χ3v) is 6.35. The molecule has 5 rings (SSSR count). The zero-order valence-corrected chi connectivity index (χ0v) is 19.8. The molecule has 0 aliphatic carbocycles. The topological polar surface area (TPSA) is 75.9 Å². The standard InChI is InChI=1S/C25H22BrFN6O/c26-19-8-9-21(20(27)15-19)29-25(34)18-7-4-13-32(16-18)22-10-11-23(31-30-22)33-14-12-28-24(33)17-5-2-1-3-6-17/h1-3,5-6,8-12,14-15,18H,4,7,13,16H2,(H,29,34). The molecule has 2 aromatic carbocycles. The first kappa shape index (κ1) is 22.2. The van der Waals surface area contributed by atoms with Gasteiger partial charge >= 0.3 is 0 Å². The third kappa shape index (κ3) is 4.70. The Morgan fingerprint density at radius 3 is 2.62 bits per heavy atom. The van der Waals surface area contributed by atoms with Gasteiger partial charge in [-0.3, -0.25) is 9.36 Å². The van der Waals surface area contributed by atoms with E-state index < -0.39 is 5.82 Å². The number of hydrogen-bond acceptors (Lipinski definition) is 5. The Hall–Kier alpha value is -3.59. The lowest BCUT2D eigenvalue weighted by Crippen LogP contribution is -2.41. The number of nitrogens with one attached hydrogen (secondary N) is 1. The Balaban J connectivity index is 1.29. The molecular formula is C25H22BrFN6O. The molecule has 0 spiro atoms. The van der Waals surface area contributed by atoms with E-state index in [2.05, 4.69) is 41.3 Å². The molecule has 1 unspecified atom stereocenters. The van der Waals surface area contributed by atoms with E-state index in [-0.39, 0.29) is 17.5 Å². The largest absolute Gasteiger partial charge is 0.354 e. The monoisotopic (exact) mass is 520 g/mol. The summed E-state index contributed by atoms with van der Waals surface area (Å²) in [5.41, 5.74) is 1.18. The molecule has 172 valence electrons. The second kappa shape index (κ2) is 9.72. The summed E-state index contributed by atoms with van der Waals surface area (Å²) in [5.74, 6) is 1.23. The fourth-order valence-electron chi connectivity index (χ4n) is 4.13. The van der Waals surface area contributed by atoms with E-state index in [0.717, 1.165) is 30.8 Å². The van der Waals surface area contributed by atoms with E-state index in [4.69, 9.17) is 0 Å². The van der Waals surface area contributed by atoms with Crippen LogP contribution in [0.5, 0.6) is 0 Å². The number of hydrogen-bond donors (Lipinski definition) is 1. The third-order valence-electron chi connectivity index (χ3n) is 5.86. The number of benzene rings is 2. The Morgan fingerprint density at radius 2 is 1.85 bits per heavy atom. The Labute approximate surface area is 204 Å². The van der Waals surface area contributed by atoms with E-state index in [1.165, 1.54) is 6.07 Å². The van der Waals surface area contributed by atoms with Gasteiger partial charge in [0.1, 0.15) is 11.6 Å². The van der Waals surface area contributed by atoms with Crippen molar-refractivity contribution in [2.24, 2.45) is 5.92 Å². The van der Waals surface area contributed by atoms with Gasteiger partial charge in [0.15, 0.2) is 11.6 Å². The van der Waals surface area contributed by atoms with Crippen molar-refractivity contribution in [2.75, 3.05) is 23.3 Å². The average molecular weight is 521 g/mol. The van der Waals surface area contributed by atoms with E-state index in [1.807, 2.05) is 53.2 Å². The molecular weight excluding hydrogens is 499 g/mol. The van der Waals surface area contributed by atoms with Gasteiger partial charge in [-0.15, -0.1) is 10.2 Å². The summed E-state index contributed by atoms with van der Waals surface area (Å²) in [7, 11) is 0. The molecule has 1 aliphatic heterocycles. The molecule has 1 atom stereocenters. The fraction of sp³-hybridized carbons (Fsp3) is 0.200. The molecule has 0 radical (unpaired) electrons. The summed E-state index contributed by atoms with van der Waals surface area (Å²) in [6.45, 7) is 1.28. The van der Waals surface area contributed by atoms with Gasteiger partial charge in [-0.25, -0.2) is 9.37 Å². The minimum absolute atomic E-state index is 0.184. The summed E-state index contributed by atoms with van der Waals surface area (Å²) < 4.78 is 16.7. The molecule has 1 saturated heterocycles. The molecule has 4 aromatic rings. The number of rotatable bonds is 5. The van der Waals surface area contributed by atoms with E-state index >= 15 is 0 Å². The maximum atomic E-state index is 14.1. The zero-order valence-electron chi connectivity index (χ0n) is 18.2. The number of imidazole rings is 1. The predicted octanol–water partition coefficient (Wildman–Crippen LogP) is 5.09. The smallest absolute Gasteiger partial charge is 0.229 e. The highest BCUT2D eigenvalue weighted by molar-refractivity contribution is 9.10. The lowest BCUT2D eigenvalue weighted by atomic mass is 9.97. The van der Waals surface area contributed by atoms with Gasteiger partial charge in [-0.1, -0.05) is 46.3 Å². The number of piperidine rings is 1. The maximum Gasteiger partial charge on any atom is 0.229 e. The Morgan fingerprint density at radius 1 is 1.06 bits per heavy atom. The molecule has 0 bridgehead atoms. The Kier molecular flexibility index (Phi) is 6.35. The molecule has 34 heavy (non-hydrogen) atoms. The summed E-state index contributed by atoms with van der Waals surface area (Å²) in [6.07, 6.45) is 5.17. The molecule has 1 N–H and O–H groups in total. The SMILES string of the molecule is O=C(Nc1ccc(Br)cc1F)C1CCCN(c2ccc(-n3ccnc3-c3ccccc3)nn2)C1. The van der Waals surface area contributed by atoms with Gasteiger partial charge in [-0.2, -0.15) is 0 Å². The lowest BCUT2D eigenvalue weighted by molar-refractivity contribution is -0.120. The molecule has 1 aliphatic rings. The maximum absolute atomic E-state index is 14.1. The van der Waals surface area contributed by atoms with Gasteiger partial charge in [-0.05, 0) is 43.2 Å². The summed E-state index contributed by atoms with van der Waals surface area (Å²) >= 11 is 3.23. The van der Waals surface area contributed by atoms with E-state index in [1.54, 1.807) is 18.3 Å². The molecule has 1 fully saturated rings. The minimum atomic E-state index is -0.466. The average Bonchev–Trinajstić information content (AvgIpc) is 3.36. The van der Waals surface area contributed by atoms with E-state index in [0.29, 0.717) is 22.7 Å². The molecule has 1 amide bonds. The number of carbonyl (C=O) groups is 1. The van der Waals surface area contributed by atoms with Gasteiger partial charge < -0.3 is 10.2 Å². The van der Waals surface area contributed by atoms with Crippen LogP contribution in [0.2, 0.25) is 0 Å². The number of halogens is 2. The van der Waals surface area contributed by atoms with Crippen LogP contribution < -0.4 is 10.2 Å². The number of nitrogens with zero attached hydrogens (tertiary/aromatic N) is 5. The number of aromatic nitrogens is 4. The Bertz CT molecular complexity index is 1290. The van der Waals surface area contributed by atoms with Crippen molar-refractivity contribution >= 4 is 33.3 Å². The second-order valence-electron chi connectivity index (χ2n) is 8.14. The molecule has 2 aromatic heterocycles. The normalized spacial score (nSPS) is 15.8. The summed E-state index contributed by atoms with van der Waals surface area (Å²) in [6, 6.07) is 18.3. The molecule has 3 heterocycles. The van der Waals surface area contributed by atoms with Gasteiger partial charge in [0.2, 0.25) is 5.91 Å². The molecule has 7 nitrogen and oxygen atoms in total. The highest BCUT2D eigenvalue weighted by atomic mass is 79.9. The van der Waals surface area contributed by atoms with Crippen LogP contribution in [0.3, 0.4) is 0 Å². The number of amides is 1. The lowest BCUT2D eigenvalue weighted by Gasteiger charge is -2.32. The van der Waals surface area contributed by atoms with Crippen LogP contribution in [0.25, 0.3) is 17.2 Å². The van der Waals surface area contributed by atoms with Crippen LogP contribution in [0.4, 0.5) is 15.9 Å². The first-order valence-corrected chi connectivity index (χ1v) is 11.8. The minimum Gasteiger partial charge on any atom is -0.354 e. The summed E-state index contributed by atoms with van der Waals surface area (Å²) in [5, 5.41) is 11.6. The van der Waals surface area contributed by atoms with Crippen molar-refractivity contribution in [1.82, 2.24) is 19.7 Å². The predicted molar refractivity (Wildman–Crippen MR) is 132 cm³/mol. The van der Waals surface area contributed by atoms with Crippen LogP contribution >= 0.6 is 15.9 Å². The van der Waals surface area contributed by atoms with Gasteiger partial charge in [0, 0.05) is 35.5 Å². The quantitative estimate of drug-likeness (QED) is 0.396. The van der Waals surface area contributed by atoms with Crippen molar-refractivity contribution in [3.8, 4) is 17.2 Å². The van der Waals surface area contributed by atoms with Crippen molar-refractivity contribution in [2.45, 2.75) is 12.8 Å². The molecule has 0 saturated carbocycles. The van der Waals surface area contributed by atoms with Crippen molar-refractivity contribution < 1.29 is 9.18 Å². The highest BCUT2D eigenvalue weighted by Crippen LogP contribution is 2.26. The van der Waals surface area contributed by atoms with Crippen molar-refractivity contribution in [3.05, 3.63) is 83.3 Å². The van der Waals surface area contributed by atoms with Crippen molar-refractivity contribution in [3.63, 3.8) is 0 Å². The van der Waals surface area contributed by atoms with Crippen LogP contribution in [0, 0.1) is 11.7 Å². The first-order valence-electron chi connectivity index (χ1n) is 11.0. The van der Waals surface area contributed by atoms with Crippen LogP contribution in [0.1, 0.15) is 12.8 Å². The van der Waals surface area contributed by atoms with Crippen molar-refractivity contribution in [1.29, 1.82) is 0 Å². The number of anilines is 2. The van der Waals surface area contributed by atoms with Gasteiger partial charge in [0.25, 0.3) is 0 Å².